The molecule has 0 saturated carbocycles. The van der Waals surface area contributed by atoms with Crippen molar-refractivity contribution in [2.24, 2.45) is 0 Å². The van der Waals surface area contributed by atoms with Crippen molar-refractivity contribution in [3.63, 3.8) is 0 Å². The van der Waals surface area contributed by atoms with E-state index in [1.807, 2.05) is 47.6 Å². The third-order valence-corrected chi connectivity index (χ3v) is 5.59. The Morgan fingerprint density at radius 1 is 1.28 bits per heavy atom. The summed E-state index contributed by atoms with van der Waals surface area (Å²) in [5, 5.41) is 3.95. The van der Waals surface area contributed by atoms with Crippen LogP contribution in [0.15, 0.2) is 33.6 Å². The van der Waals surface area contributed by atoms with Gasteiger partial charge in [-0.15, -0.1) is 0 Å². The molecule has 3 aromatic rings. The molecule has 8 nitrogen and oxygen atoms in total. The van der Waals surface area contributed by atoms with Crippen molar-refractivity contribution >= 4 is 16.9 Å². The second kappa shape index (κ2) is 8.23. The summed E-state index contributed by atoms with van der Waals surface area (Å²) in [4.78, 5) is 34.1. The number of carbonyl (C=O) groups is 1. The smallest absolute Gasteiger partial charge is 0.326 e. The number of amides is 1. The van der Waals surface area contributed by atoms with E-state index in [4.69, 9.17) is 4.52 Å². The monoisotopic (exact) mass is 397 g/mol. The lowest BCUT2D eigenvalue weighted by atomic mass is 10.0. The molecule has 4 rings (SSSR count). The maximum Gasteiger partial charge on any atom is 0.326 e. The molecule has 154 valence electrons. The Labute approximate surface area is 168 Å². The number of hydrogen-bond acceptors (Lipinski definition) is 5. The number of imidazole rings is 1. The summed E-state index contributed by atoms with van der Waals surface area (Å²) < 4.78 is 7.08. The fourth-order valence-corrected chi connectivity index (χ4v) is 3.96. The number of carbonyl (C=O) groups excluding carboxylic acids is 1. The van der Waals surface area contributed by atoms with E-state index in [0.717, 1.165) is 23.9 Å². The van der Waals surface area contributed by atoms with Crippen LogP contribution in [0.4, 0.5) is 0 Å². The van der Waals surface area contributed by atoms with Crippen molar-refractivity contribution in [1.82, 2.24) is 24.6 Å². The number of nitrogens with zero attached hydrogens (tertiary/aromatic N) is 4. The van der Waals surface area contributed by atoms with E-state index in [1.54, 1.807) is 0 Å². The number of benzene rings is 1. The molecule has 0 atom stereocenters. The molecule has 29 heavy (non-hydrogen) atoms. The predicted molar refractivity (Wildman–Crippen MR) is 109 cm³/mol. The Morgan fingerprint density at radius 3 is 2.76 bits per heavy atom. The quantitative estimate of drug-likeness (QED) is 0.690. The zero-order valence-corrected chi connectivity index (χ0v) is 16.9. The summed E-state index contributed by atoms with van der Waals surface area (Å²) in [7, 11) is 0. The van der Waals surface area contributed by atoms with Crippen molar-refractivity contribution in [3.8, 4) is 0 Å². The Bertz CT molecular complexity index is 1040. The van der Waals surface area contributed by atoms with E-state index in [0.29, 0.717) is 44.1 Å². The van der Waals surface area contributed by atoms with Gasteiger partial charge in [0.05, 0.1) is 11.0 Å². The maximum atomic E-state index is 12.6. The lowest BCUT2D eigenvalue weighted by molar-refractivity contribution is -0.132. The van der Waals surface area contributed by atoms with Crippen molar-refractivity contribution in [2.45, 2.75) is 57.9 Å². The van der Waals surface area contributed by atoms with Crippen molar-refractivity contribution in [2.75, 3.05) is 13.1 Å². The third-order valence-electron chi connectivity index (χ3n) is 5.59. The number of aromatic amines is 1. The van der Waals surface area contributed by atoms with Crippen LogP contribution in [0, 0.1) is 0 Å². The second-order valence-electron chi connectivity index (χ2n) is 7.98. The molecule has 8 heteroatoms. The molecule has 2 aromatic heterocycles. The molecule has 0 spiro atoms. The van der Waals surface area contributed by atoms with Gasteiger partial charge in [0.15, 0.2) is 5.82 Å². The van der Waals surface area contributed by atoms with Crippen LogP contribution >= 0.6 is 0 Å². The number of rotatable bonds is 6. The van der Waals surface area contributed by atoms with E-state index in [-0.39, 0.29) is 23.6 Å². The normalized spacial score (nSPS) is 15.5. The summed E-state index contributed by atoms with van der Waals surface area (Å²) in [6.45, 7) is 5.39. The Hall–Kier alpha value is -2.90. The van der Waals surface area contributed by atoms with E-state index in [2.05, 4.69) is 15.1 Å². The van der Waals surface area contributed by atoms with Crippen LogP contribution in [-0.4, -0.2) is 43.6 Å². The van der Waals surface area contributed by atoms with Gasteiger partial charge in [-0.25, -0.2) is 4.79 Å². The molecule has 1 aliphatic rings. The number of aryl methyl sites for hydroxylation is 1. The zero-order chi connectivity index (χ0) is 20.4. The fraction of sp³-hybridized carbons (Fsp3) is 0.524. The highest BCUT2D eigenvalue weighted by molar-refractivity contribution is 5.76. The van der Waals surface area contributed by atoms with Crippen LogP contribution < -0.4 is 5.69 Å². The molecule has 0 unspecified atom stereocenters. The van der Waals surface area contributed by atoms with Crippen LogP contribution in [0.1, 0.15) is 63.2 Å². The van der Waals surface area contributed by atoms with Gasteiger partial charge < -0.3 is 14.4 Å². The zero-order valence-electron chi connectivity index (χ0n) is 16.9. The van der Waals surface area contributed by atoms with E-state index in [1.165, 1.54) is 0 Å². The largest absolute Gasteiger partial charge is 0.343 e. The Balaban J connectivity index is 1.29. The SMILES string of the molecule is CC(C)c1noc(CCCC(=O)N2CCC(n3c(=O)[nH]c4ccccc43)CC2)n1. The molecule has 0 aliphatic carbocycles. The van der Waals surface area contributed by atoms with Gasteiger partial charge in [-0.1, -0.05) is 31.1 Å². The summed E-state index contributed by atoms with van der Waals surface area (Å²) in [5.41, 5.74) is 1.72. The van der Waals surface area contributed by atoms with Crippen LogP contribution in [0.3, 0.4) is 0 Å². The number of aromatic nitrogens is 4. The first-order chi connectivity index (χ1) is 14.0. The molecule has 1 amide bonds. The third kappa shape index (κ3) is 4.11. The predicted octanol–water partition coefficient (Wildman–Crippen LogP) is 3.02. The van der Waals surface area contributed by atoms with Gasteiger partial charge in [0.1, 0.15) is 0 Å². The van der Waals surface area contributed by atoms with Gasteiger partial charge in [-0.3, -0.25) is 9.36 Å². The van der Waals surface area contributed by atoms with Crippen molar-refractivity contribution in [1.29, 1.82) is 0 Å². The average Bonchev–Trinajstić information content (AvgIpc) is 3.32. The number of H-pyrrole nitrogens is 1. The van der Waals surface area contributed by atoms with E-state index in [9.17, 15) is 9.59 Å². The van der Waals surface area contributed by atoms with Gasteiger partial charge in [0, 0.05) is 37.9 Å². The van der Waals surface area contributed by atoms with Gasteiger partial charge in [0.2, 0.25) is 11.8 Å². The molecular formula is C21H27N5O3. The topological polar surface area (TPSA) is 97.0 Å². The van der Waals surface area contributed by atoms with Crippen LogP contribution in [0.25, 0.3) is 11.0 Å². The van der Waals surface area contributed by atoms with E-state index < -0.39 is 0 Å². The van der Waals surface area contributed by atoms with Crippen LogP contribution in [0.5, 0.6) is 0 Å². The highest BCUT2D eigenvalue weighted by Crippen LogP contribution is 2.25. The fourth-order valence-electron chi connectivity index (χ4n) is 3.96. The van der Waals surface area contributed by atoms with Gasteiger partial charge in [-0.05, 0) is 31.4 Å². The standard InChI is InChI=1S/C21H27N5O3/c1-14(2)20-23-18(29-24-20)8-5-9-19(27)25-12-10-15(11-13-25)26-17-7-4-3-6-16(17)22-21(26)28/h3-4,6-7,14-15H,5,8-13H2,1-2H3,(H,22,28). The number of fused-ring (bicyclic) bond motifs is 1. The first-order valence-electron chi connectivity index (χ1n) is 10.3. The number of hydrogen-bond donors (Lipinski definition) is 1. The highest BCUT2D eigenvalue weighted by Gasteiger charge is 2.25. The summed E-state index contributed by atoms with van der Waals surface area (Å²) in [6, 6.07) is 7.86. The molecule has 1 aromatic carbocycles. The number of para-hydroxylation sites is 2. The van der Waals surface area contributed by atoms with E-state index >= 15 is 0 Å². The Morgan fingerprint density at radius 2 is 2.03 bits per heavy atom. The number of piperidine rings is 1. The minimum absolute atomic E-state index is 0.0729. The first kappa shape index (κ1) is 19.4. The average molecular weight is 397 g/mol. The molecule has 1 N–H and O–H groups in total. The Kier molecular flexibility index (Phi) is 5.51. The van der Waals surface area contributed by atoms with Gasteiger partial charge in [0.25, 0.3) is 0 Å². The molecular weight excluding hydrogens is 370 g/mol. The van der Waals surface area contributed by atoms with Crippen molar-refractivity contribution in [3.05, 3.63) is 46.5 Å². The number of nitrogens with one attached hydrogen (secondary N) is 1. The lowest BCUT2D eigenvalue weighted by Gasteiger charge is -2.32. The molecule has 0 bridgehead atoms. The summed E-state index contributed by atoms with van der Waals surface area (Å²) >= 11 is 0. The maximum absolute atomic E-state index is 12.6. The molecule has 0 radical (unpaired) electrons. The second-order valence-corrected chi connectivity index (χ2v) is 7.98. The van der Waals surface area contributed by atoms with Crippen molar-refractivity contribution < 1.29 is 9.32 Å². The molecule has 3 heterocycles. The first-order valence-corrected chi connectivity index (χ1v) is 10.3. The molecule has 1 saturated heterocycles. The number of likely N-dealkylation sites (tertiary alicyclic amines) is 1. The minimum Gasteiger partial charge on any atom is -0.343 e. The molecule has 1 fully saturated rings. The summed E-state index contributed by atoms with van der Waals surface area (Å²) in [6.07, 6.45) is 3.36. The van der Waals surface area contributed by atoms with Crippen LogP contribution in [-0.2, 0) is 11.2 Å². The minimum atomic E-state index is -0.0729. The van der Waals surface area contributed by atoms with Crippen LogP contribution in [0.2, 0.25) is 0 Å². The lowest BCUT2D eigenvalue weighted by Crippen LogP contribution is -2.40. The van der Waals surface area contributed by atoms with Gasteiger partial charge >= 0.3 is 5.69 Å². The van der Waals surface area contributed by atoms with Gasteiger partial charge in [-0.2, -0.15) is 4.98 Å². The summed E-state index contributed by atoms with van der Waals surface area (Å²) in [5.74, 6) is 1.69. The molecule has 1 aliphatic heterocycles. The highest BCUT2D eigenvalue weighted by atomic mass is 16.5.